The summed E-state index contributed by atoms with van der Waals surface area (Å²) in [6, 6.07) is 0.399. The average molecular weight is 216 g/mol. The van der Waals surface area contributed by atoms with Gasteiger partial charge in [0.2, 0.25) is 5.91 Å². The molecule has 80 valence electrons. The highest BCUT2D eigenvalue weighted by molar-refractivity contribution is 6.20. The van der Waals surface area contributed by atoms with Crippen molar-refractivity contribution in [1.82, 2.24) is 5.32 Å². The normalized spacial score (nSPS) is 32.6. The molecule has 0 aromatic heterocycles. The second-order valence-corrected chi connectivity index (χ2v) is 5.28. The standard InChI is InChI=1S/C11H18ClNO/c12-9-3-5-10(6-4-9)13-11(14)7-8-1-2-8/h8-10H,1-7H2,(H,13,14). The van der Waals surface area contributed by atoms with Gasteiger partial charge in [-0.2, -0.15) is 0 Å². The first-order chi connectivity index (χ1) is 6.74. The van der Waals surface area contributed by atoms with Crippen LogP contribution < -0.4 is 5.32 Å². The van der Waals surface area contributed by atoms with Gasteiger partial charge in [0.15, 0.2) is 0 Å². The summed E-state index contributed by atoms with van der Waals surface area (Å²) in [4.78, 5) is 11.5. The van der Waals surface area contributed by atoms with Gasteiger partial charge < -0.3 is 5.32 Å². The number of nitrogens with one attached hydrogen (secondary N) is 1. The van der Waals surface area contributed by atoms with Crippen LogP contribution in [0, 0.1) is 5.92 Å². The zero-order chi connectivity index (χ0) is 9.97. The molecule has 2 rings (SSSR count). The Hall–Kier alpha value is -0.240. The minimum atomic E-state index is 0.255. The molecule has 14 heavy (non-hydrogen) atoms. The quantitative estimate of drug-likeness (QED) is 0.720. The van der Waals surface area contributed by atoms with E-state index in [-0.39, 0.29) is 5.91 Å². The van der Waals surface area contributed by atoms with Crippen LogP contribution in [0.4, 0.5) is 0 Å². The molecule has 0 aliphatic heterocycles. The van der Waals surface area contributed by atoms with E-state index < -0.39 is 0 Å². The molecule has 1 N–H and O–H groups in total. The molecule has 0 aromatic rings. The van der Waals surface area contributed by atoms with Crippen LogP contribution in [0.15, 0.2) is 0 Å². The van der Waals surface area contributed by atoms with E-state index in [0.717, 1.165) is 32.1 Å². The van der Waals surface area contributed by atoms with Gasteiger partial charge in [-0.25, -0.2) is 0 Å². The Balaban J connectivity index is 1.66. The van der Waals surface area contributed by atoms with Crippen LogP contribution in [0.2, 0.25) is 0 Å². The summed E-state index contributed by atoms with van der Waals surface area (Å²) in [7, 11) is 0. The summed E-state index contributed by atoms with van der Waals surface area (Å²) in [6.07, 6.45) is 7.48. The molecule has 0 atom stereocenters. The third-order valence-electron chi connectivity index (χ3n) is 3.19. The van der Waals surface area contributed by atoms with Crippen molar-refractivity contribution in [3.63, 3.8) is 0 Å². The van der Waals surface area contributed by atoms with E-state index in [1.807, 2.05) is 0 Å². The summed E-state index contributed by atoms with van der Waals surface area (Å²) in [5, 5.41) is 3.45. The molecule has 2 fully saturated rings. The molecule has 0 unspecified atom stereocenters. The molecule has 3 heteroatoms. The fourth-order valence-electron chi connectivity index (χ4n) is 2.07. The van der Waals surface area contributed by atoms with Crippen LogP contribution in [0.25, 0.3) is 0 Å². The highest BCUT2D eigenvalue weighted by Crippen LogP contribution is 2.32. The van der Waals surface area contributed by atoms with Gasteiger partial charge in [-0.05, 0) is 44.4 Å². The Morgan fingerprint density at radius 2 is 1.79 bits per heavy atom. The minimum absolute atomic E-state index is 0.255. The van der Waals surface area contributed by atoms with Crippen LogP contribution in [0.3, 0.4) is 0 Å². The topological polar surface area (TPSA) is 29.1 Å². The van der Waals surface area contributed by atoms with E-state index in [9.17, 15) is 4.79 Å². The fraction of sp³-hybridized carbons (Fsp3) is 0.909. The largest absolute Gasteiger partial charge is 0.353 e. The lowest BCUT2D eigenvalue weighted by atomic mass is 9.95. The van der Waals surface area contributed by atoms with Gasteiger partial charge in [-0.1, -0.05) is 0 Å². The molecule has 0 heterocycles. The number of carbonyl (C=O) groups is 1. The third kappa shape index (κ3) is 3.16. The molecular weight excluding hydrogens is 198 g/mol. The summed E-state index contributed by atoms with van der Waals surface area (Å²) >= 11 is 6.00. The number of alkyl halides is 1. The molecule has 0 radical (unpaired) electrons. The summed E-state index contributed by atoms with van der Waals surface area (Å²) in [6.45, 7) is 0. The lowest BCUT2D eigenvalue weighted by molar-refractivity contribution is -0.122. The molecule has 0 saturated heterocycles. The van der Waals surface area contributed by atoms with Crippen molar-refractivity contribution < 1.29 is 4.79 Å². The van der Waals surface area contributed by atoms with Crippen molar-refractivity contribution in [2.45, 2.75) is 56.4 Å². The maximum Gasteiger partial charge on any atom is 0.220 e. The Morgan fingerprint density at radius 1 is 1.14 bits per heavy atom. The van der Waals surface area contributed by atoms with Gasteiger partial charge in [0.1, 0.15) is 0 Å². The SMILES string of the molecule is O=C(CC1CC1)NC1CCC(Cl)CC1. The smallest absolute Gasteiger partial charge is 0.220 e. The van der Waals surface area contributed by atoms with Crippen molar-refractivity contribution in [2.24, 2.45) is 5.92 Å². The Labute approximate surface area is 90.4 Å². The van der Waals surface area contributed by atoms with E-state index in [4.69, 9.17) is 11.6 Å². The average Bonchev–Trinajstić information content (AvgIpc) is 2.93. The number of rotatable bonds is 3. The van der Waals surface area contributed by atoms with Crippen molar-refractivity contribution in [3.8, 4) is 0 Å². The Kier molecular flexibility index (Phi) is 3.32. The molecule has 2 aliphatic rings. The second-order valence-electron chi connectivity index (χ2n) is 4.66. The van der Waals surface area contributed by atoms with Gasteiger partial charge >= 0.3 is 0 Å². The van der Waals surface area contributed by atoms with Gasteiger partial charge in [0.25, 0.3) is 0 Å². The van der Waals surface area contributed by atoms with Crippen molar-refractivity contribution in [2.75, 3.05) is 0 Å². The molecule has 2 aliphatic carbocycles. The van der Waals surface area contributed by atoms with Gasteiger partial charge in [-0.3, -0.25) is 4.79 Å². The molecule has 0 aromatic carbocycles. The van der Waals surface area contributed by atoms with E-state index >= 15 is 0 Å². The van der Waals surface area contributed by atoms with Gasteiger partial charge in [-0.15, -0.1) is 11.6 Å². The first kappa shape index (κ1) is 10.3. The number of hydrogen-bond acceptors (Lipinski definition) is 1. The maximum atomic E-state index is 11.5. The zero-order valence-electron chi connectivity index (χ0n) is 8.47. The lowest BCUT2D eigenvalue weighted by Gasteiger charge is -2.25. The van der Waals surface area contributed by atoms with Crippen molar-refractivity contribution in [3.05, 3.63) is 0 Å². The first-order valence-electron chi connectivity index (χ1n) is 5.67. The number of amides is 1. The highest BCUT2D eigenvalue weighted by Gasteiger charge is 2.26. The molecule has 2 nitrogen and oxygen atoms in total. The summed E-state index contributed by atoms with van der Waals surface area (Å²) in [5.41, 5.74) is 0. The van der Waals surface area contributed by atoms with Crippen LogP contribution in [0.5, 0.6) is 0 Å². The van der Waals surface area contributed by atoms with E-state index in [1.54, 1.807) is 0 Å². The zero-order valence-corrected chi connectivity index (χ0v) is 9.22. The fourth-order valence-corrected chi connectivity index (χ4v) is 2.32. The number of hydrogen-bond donors (Lipinski definition) is 1. The van der Waals surface area contributed by atoms with Crippen molar-refractivity contribution in [1.29, 1.82) is 0 Å². The number of carbonyl (C=O) groups excluding carboxylic acids is 1. The van der Waals surface area contributed by atoms with Crippen LogP contribution in [-0.4, -0.2) is 17.3 Å². The highest BCUT2D eigenvalue weighted by atomic mass is 35.5. The van der Waals surface area contributed by atoms with E-state index in [0.29, 0.717) is 17.3 Å². The molecule has 2 saturated carbocycles. The van der Waals surface area contributed by atoms with Crippen LogP contribution in [0.1, 0.15) is 44.9 Å². The summed E-state index contributed by atoms with van der Waals surface area (Å²) in [5.74, 6) is 0.949. The maximum absolute atomic E-state index is 11.5. The summed E-state index contributed by atoms with van der Waals surface area (Å²) < 4.78 is 0. The van der Waals surface area contributed by atoms with Crippen LogP contribution in [-0.2, 0) is 4.79 Å². The molecular formula is C11H18ClNO. The van der Waals surface area contributed by atoms with Crippen molar-refractivity contribution >= 4 is 17.5 Å². The predicted octanol–water partition coefficient (Wildman–Crippen LogP) is 2.45. The van der Waals surface area contributed by atoms with Gasteiger partial charge in [0.05, 0.1) is 0 Å². The Morgan fingerprint density at radius 3 is 2.36 bits per heavy atom. The minimum Gasteiger partial charge on any atom is -0.353 e. The lowest BCUT2D eigenvalue weighted by Crippen LogP contribution is -2.37. The molecule has 0 spiro atoms. The third-order valence-corrected chi connectivity index (χ3v) is 3.63. The Bertz CT molecular complexity index is 207. The van der Waals surface area contributed by atoms with Gasteiger partial charge in [0, 0.05) is 17.8 Å². The second kappa shape index (κ2) is 4.52. The first-order valence-corrected chi connectivity index (χ1v) is 6.11. The van der Waals surface area contributed by atoms with Crippen LogP contribution >= 0.6 is 11.6 Å². The number of halogens is 1. The van der Waals surface area contributed by atoms with E-state index in [2.05, 4.69) is 5.32 Å². The van der Waals surface area contributed by atoms with E-state index in [1.165, 1.54) is 12.8 Å². The molecule has 1 amide bonds. The monoisotopic (exact) mass is 215 g/mol. The predicted molar refractivity (Wildman–Crippen MR) is 57.4 cm³/mol. The molecule has 0 bridgehead atoms.